The molecular formula is C11H12N4O4. The van der Waals surface area contributed by atoms with Crippen molar-refractivity contribution in [1.29, 1.82) is 0 Å². The fourth-order valence-corrected chi connectivity index (χ4v) is 1.74. The minimum absolute atomic E-state index is 0.141. The van der Waals surface area contributed by atoms with Crippen molar-refractivity contribution in [3.8, 4) is 0 Å². The highest BCUT2D eigenvalue weighted by molar-refractivity contribution is 5.72. The quantitative estimate of drug-likeness (QED) is 0.737. The van der Waals surface area contributed by atoms with Gasteiger partial charge in [0.15, 0.2) is 0 Å². The summed E-state index contributed by atoms with van der Waals surface area (Å²) in [5.74, 6) is -1.67. The van der Waals surface area contributed by atoms with Crippen molar-refractivity contribution in [3.05, 3.63) is 30.4 Å². The van der Waals surface area contributed by atoms with Gasteiger partial charge in [-0.2, -0.15) is 0 Å². The third-order valence-corrected chi connectivity index (χ3v) is 2.39. The summed E-state index contributed by atoms with van der Waals surface area (Å²) in [6, 6.07) is 1.74. The molecular weight excluding hydrogens is 252 g/mol. The van der Waals surface area contributed by atoms with Gasteiger partial charge in [-0.1, -0.05) is 0 Å². The Labute approximate surface area is 107 Å². The van der Waals surface area contributed by atoms with Crippen LogP contribution in [0.3, 0.4) is 0 Å². The number of imidazole rings is 1. The molecule has 2 aromatic heterocycles. The van der Waals surface area contributed by atoms with Crippen LogP contribution in [0.5, 0.6) is 0 Å². The third kappa shape index (κ3) is 3.49. The van der Waals surface area contributed by atoms with Gasteiger partial charge in [-0.05, 0) is 6.07 Å². The zero-order chi connectivity index (χ0) is 13.8. The predicted molar refractivity (Wildman–Crippen MR) is 63.5 cm³/mol. The Balaban J connectivity index is 2.15. The van der Waals surface area contributed by atoms with Gasteiger partial charge in [0.1, 0.15) is 0 Å². The van der Waals surface area contributed by atoms with Gasteiger partial charge in [-0.15, -0.1) is 0 Å². The summed E-state index contributed by atoms with van der Waals surface area (Å²) in [5, 5.41) is 17.5. The highest BCUT2D eigenvalue weighted by Gasteiger charge is 2.15. The number of hydrogen-bond donors (Lipinski definition) is 2. The summed E-state index contributed by atoms with van der Waals surface area (Å²) < 4.78 is 1.69. The number of carboxylic acid groups (broad SMARTS) is 2. The van der Waals surface area contributed by atoms with E-state index in [9.17, 15) is 9.59 Å². The molecule has 0 aliphatic rings. The Morgan fingerprint density at radius 3 is 2.53 bits per heavy atom. The van der Waals surface area contributed by atoms with Crippen molar-refractivity contribution in [1.82, 2.24) is 19.3 Å². The molecule has 0 amide bonds. The average Bonchev–Trinajstić information content (AvgIpc) is 2.68. The number of rotatable bonds is 6. The van der Waals surface area contributed by atoms with Crippen LogP contribution in [0.2, 0.25) is 0 Å². The van der Waals surface area contributed by atoms with Crippen LogP contribution in [0.15, 0.2) is 24.7 Å². The number of carbonyl (C=O) groups is 2. The Hall–Kier alpha value is -2.48. The van der Waals surface area contributed by atoms with Crippen LogP contribution in [0, 0.1) is 0 Å². The molecule has 0 radical (unpaired) electrons. The Bertz CT molecular complexity index is 561. The number of aliphatic carboxylic acids is 2. The van der Waals surface area contributed by atoms with Crippen LogP contribution in [0.25, 0.3) is 5.78 Å². The molecule has 100 valence electrons. The summed E-state index contributed by atoms with van der Waals surface area (Å²) in [4.78, 5) is 30.9. The molecule has 0 aromatic carbocycles. The lowest BCUT2D eigenvalue weighted by Crippen LogP contribution is -2.34. The van der Waals surface area contributed by atoms with Gasteiger partial charge in [0.05, 0.1) is 18.8 Å². The van der Waals surface area contributed by atoms with Crippen molar-refractivity contribution in [3.63, 3.8) is 0 Å². The Kier molecular flexibility index (Phi) is 3.71. The minimum Gasteiger partial charge on any atom is -0.480 e. The number of aromatic nitrogens is 3. The van der Waals surface area contributed by atoms with Gasteiger partial charge in [0.25, 0.3) is 0 Å². The van der Waals surface area contributed by atoms with Gasteiger partial charge < -0.3 is 10.2 Å². The average molecular weight is 264 g/mol. The molecule has 2 aromatic rings. The standard InChI is InChI=1S/C11H12N4O4/c16-9(17)6-14(7-10(18)19)4-8-5-15-3-1-2-12-11(15)13-8/h1-3,5H,4,6-7H2,(H,16,17)(H,18,19). The molecule has 2 heterocycles. The first-order valence-electron chi connectivity index (χ1n) is 5.49. The maximum absolute atomic E-state index is 10.7. The van der Waals surface area contributed by atoms with E-state index in [1.165, 1.54) is 4.90 Å². The summed E-state index contributed by atoms with van der Waals surface area (Å²) in [6.45, 7) is -0.566. The second kappa shape index (κ2) is 5.44. The molecule has 0 unspecified atom stereocenters. The normalized spacial score (nSPS) is 11.0. The van der Waals surface area contributed by atoms with Crippen molar-refractivity contribution < 1.29 is 19.8 Å². The van der Waals surface area contributed by atoms with Gasteiger partial charge in [0, 0.05) is 25.1 Å². The number of hydrogen-bond acceptors (Lipinski definition) is 5. The Morgan fingerprint density at radius 1 is 1.26 bits per heavy atom. The van der Waals surface area contributed by atoms with Gasteiger partial charge in [-0.25, -0.2) is 9.97 Å². The second-order valence-electron chi connectivity index (χ2n) is 3.99. The maximum atomic E-state index is 10.7. The first-order chi connectivity index (χ1) is 9.04. The molecule has 8 heteroatoms. The molecule has 0 aliphatic carbocycles. The molecule has 0 fully saturated rings. The zero-order valence-electron chi connectivity index (χ0n) is 9.93. The van der Waals surface area contributed by atoms with E-state index in [2.05, 4.69) is 9.97 Å². The number of fused-ring (bicyclic) bond motifs is 1. The smallest absolute Gasteiger partial charge is 0.317 e. The molecule has 19 heavy (non-hydrogen) atoms. The van der Waals surface area contributed by atoms with E-state index in [1.807, 2.05) is 0 Å². The van der Waals surface area contributed by atoms with Crippen LogP contribution in [-0.2, 0) is 16.1 Å². The van der Waals surface area contributed by atoms with Gasteiger partial charge in [-0.3, -0.25) is 18.9 Å². The lowest BCUT2D eigenvalue weighted by atomic mass is 10.4. The fourth-order valence-electron chi connectivity index (χ4n) is 1.74. The topological polar surface area (TPSA) is 108 Å². The van der Waals surface area contributed by atoms with E-state index in [0.29, 0.717) is 11.5 Å². The van der Waals surface area contributed by atoms with Crippen LogP contribution in [0.1, 0.15) is 5.69 Å². The van der Waals surface area contributed by atoms with Gasteiger partial charge in [0.2, 0.25) is 5.78 Å². The van der Waals surface area contributed by atoms with Crippen LogP contribution in [0.4, 0.5) is 0 Å². The first kappa shape index (κ1) is 13.0. The molecule has 0 bridgehead atoms. The van der Waals surface area contributed by atoms with Crippen LogP contribution in [-0.4, -0.2) is 54.5 Å². The van der Waals surface area contributed by atoms with Crippen molar-refractivity contribution >= 4 is 17.7 Å². The minimum atomic E-state index is -1.08. The second-order valence-corrected chi connectivity index (χ2v) is 3.99. The van der Waals surface area contributed by atoms with E-state index < -0.39 is 11.9 Å². The fraction of sp³-hybridized carbons (Fsp3) is 0.273. The highest BCUT2D eigenvalue weighted by atomic mass is 16.4. The summed E-state index contributed by atoms with van der Waals surface area (Å²) in [5.41, 5.74) is 0.571. The van der Waals surface area contributed by atoms with Crippen molar-refractivity contribution in [2.45, 2.75) is 6.54 Å². The lowest BCUT2D eigenvalue weighted by molar-refractivity contribution is -0.142. The van der Waals surface area contributed by atoms with E-state index in [0.717, 1.165) is 0 Å². The summed E-state index contributed by atoms with van der Waals surface area (Å²) in [7, 11) is 0. The van der Waals surface area contributed by atoms with E-state index in [-0.39, 0.29) is 19.6 Å². The lowest BCUT2D eigenvalue weighted by Gasteiger charge is -2.15. The number of nitrogens with zero attached hydrogens (tertiary/aromatic N) is 4. The molecule has 8 nitrogen and oxygen atoms in total. The molecule has 2 rings (SSSR count). The van der Waals surface area contributed by atoms with Crippen molar-refractivity contribution in [2.24, 2.45) is 0 Å². The third-order valence-electron chi connectivity index (χ3n) is 2.39. The molecule has 0 spiro atoms. The van der Waals surface area contributed by atoms with E-state index >= 15 is 0 Å². The molecule has 2 N–H and O–H groups in total. The van der Waals surface area contributed by atoms with Crippen LogP contribution < -0.4 is 0 Å². The van der Waals surface area contributed by atoms with Crippen molar-refractivity contribution in [2.75, 3.05) is 13.1 Å². The zero-order valence-corrected chi connectivity index (χ0v) is 9.93. The monoisotopic (exact) mass is 264 g/mol. The Morgan fingerprint density at radius 2 is 1.95 bits per heavy atom. The number of carboxylic acids is 2. The maximum Gasteiger partial charge on any atom is 0.317 e. The predicted octanol–water partition coefficient (Wildman–Crippen LogP) is -0.300. The summed E-state index contributed by atoms with van der Waals surface area (Å²) >= 11 is 0. The first-order valence-corrected chi connectivity index (χ1v) is 5.49. The molecule has 0 atom stereocenters. The molecule has 0 aliphatic heterocycles. The van der Waals surface area contributed by atoms with E-state index in [4.69, 9.17) is 10.2 Å². The SMILES string of the molecule is O=C(O)CN(CC(=O)O)Cc1cn2cccnc2n1. The largest absolute Gasteiger partial charge is 0.480 e. The van der Waals surface area contributed by atoms with E-state index in [1.54, 1.807) is 29.1 Å². The molecule has 0 saturated carbocycles. The van der Waals surface area contributed by atoms with Gasteiger partial charge >= 0.3 is 11.9 Å². The van der Waals surface area contributed by atoms with Crippen LogP contribution >= 0.6 is 0 Å². The molecule has 0 saturated heterocycles. The summed E-state index contributed by atoms with van der Waals surface area (Å²) in [6.07, 6.45) is 5.05. The highest BCUT2D eigenvalue weighted by Crippen LogP contribution is 2.05.